The van der Waals surface area contributed by atoms with E-state index in [1.807, 2.05) is 13.8 Å². The lowest BCUT2D eigenvalue weighted by Gasteiger charge is -2.21. The monoisotopic (exact) mass is 261 g/mol. The van der Waals surface area contributed by atoms with E-state index in [-0.39, 0.29) is 5.82 Å². The molecule has 0 aliphatic carbocycles. The quantitative estimate of drug-likeness (QED) is 0.889. The Morgan fingerprint density at radius 3 is 2.43 bits per heavy atom. The van der Waals surface area contributed by atoms with Gasteiger partial charge < -0.3 is 10.5 Å². The molecule has 1 aromatic rings. The smallest absolute Gasteiger partial charge is 0.141 e. The summed E-state index contributed by atoms with van der Waals surface area (Å²) in [5.74, 6) is 0.108. The number of benzene rings is 1. The van der Waals surface area contributed by atoms with E-state index in [9.17, 15) is 4.39 Å². The molecule has 0 saturated heterocycles. The zero-order valence-electron chi connectivity index (χ0n) is 8.40. The van der Waals surface area contributed by atoms with Crippen molar-refractivity contribution in [3.8, 4) is 5.75 Å². The summed E-state index contributed by atoms with van der Waals surface area (Å²) >= 11 is 3.17. The number of halogens is 2. The molecular formula is C10H13BrFNO. The van der Waals surface area contributed by atoms with Gasteiger partial charge in [-0.1, -0.05) is 0 Å². The van der Waals surface area contributed by atoms with Crippen LogP contribution in [0.5, 0.6) is 5.75 Å². The average Bonchev–Trinajstić information content (AvgIpc) is 2.07. The fourth-order valence-electron chi connectivity index (χ4n) is 1.15. The van der Waals surface area contributed by atoms with Gasteiger partial charge in [-0.3, -0.25) is 0 Å². The molecular weight excluding hydrogens is 249 g/mol. The Morgan fingerprint density at radius 1 is 1.43 bits per heavy atom. The van der Waals surface area contributed by atoms with Crippen LogP contribution in [0.4, 0.5) is 4.39 Å². The first-order chi connectivity index (χ1) is 6.36. The summed E-state index contributed by atoms with van der Waals surface area (Å²) < 4.78 is 18.7. The number of rotatable bonds is 2. The van der Waals surface area contributed by atoms with Gasteiger partial charge in [0.05, 0.1) is 11.6 Å². The van der Waals surface area contributed by atoms with Gasteiger partial charge in [-0.05, 0) is 41.4 Å². The number of nitrogens with two attached hydrogens (primary N) is 1. The summed E-state index contributed by atoms with van der Waals surface area (Å²) in [4.78, 5) is 0. The summed E-state index contributed by atoms with van der Waals surface area (Å²) in [5, 5.41) is 0. The first kappa shape index (κ1) is 11.5. The molecule has 0 amide bonds. The van der Waals surface area contributed by atoms with Crippen LogP contribution in [0.2, 0.25) is 0 Å². The molecule has 0 bridgehead atoms. The molecule has 0 atom stereocenters. The van der Waals surface area contributed by atoms with Crippen molar-refractivity contribution in [1.29, 1.82) is 0 Å². The van der Waals surface area contributed by atoms with E-state index >= 15 is 0 Å². The first-order valence-corrected chi connectivity index (χ1v) is 4.98. The normalized spacial score (nSPS) is 11.6. The van der Waals surface area contributed by atoms with Gasteiger partial charge in [-0.15, -0.1) is 0 Å². The molecule has 4 heteroatoms. The zero-order valence-corrected chi connectivity index (χ0v) is 9.98. The molecule has 1 aromatic carbocycles. The predicted octanol–water partition coefficient (Wildman–Crippen LogP) is 2.79. The maximum absolute atomic E-state index is 13.4. The summed E-state index contributed by atoms with van der Waals surface area (Å²) in [6, 6.07) is 3.05. The maximum atomic E-state index is 13.4. The fourth-order valence-corrected chi connectivity index (χ4v) is 1.89. The standard InChI is InChI=1S/C10H13BrFNO/c1-10(2,13)7-4-6(14-3)5-8(12)9(7)11/h4-5H,13H2,1-3H3. The summed E-state index contributed by atoms with van der Waals surface area (Å²) in [5.41, 5.74) is 5.98. The van der Waals surface area contributed by atoms with Gasteiger partial charge in [0.1, 0.15) is 11.6 Å². The van der Waals surface area contributed by atoms with Gasteiger partial charge in [-0.2, -0.15) is 0 Å². The molecule has 2 N–H and O–H groups in total. The van der Waals surface area contributed by atoms with E-state index in [1.54, 1.807) is 6.07 Å². The third-order valence-corrected chi connectivity index (χ3v) is 2.74. The van der Waals surface area contributed by atoms with Crippen LogP contribution >= 0.6 is 15.9 Å². The Hall–Kier alpha value is -0.610. The van der Waals surface area contributed by atoms with Gasteiger partial charge in [0.2, 0.25) is 0 Å². The molecule has 0 radical (unpaired) electrons. The largest absolute Gasteiger partial charge is 0.497 e. The van der Waals surface area contributed by atoms with E-state index in [0.29, 0.717) is 15.8 Å². The van der Waals surface area contributed by atoms with E-state index in [1.165, 1.54) is 13.2 Å². The Bertz CT molecular complexity index is 347. The molecule has 1 rings (SSSR count). The molecule has 0 aliphatic rings. The average molecular weight is 262 g/mol. The predicted molar refractivity (Wildman–Crippen MR) is 57.9 cm³/mol. The second-order valence-electron chi connectivity index (χ2n) is 3.69. The van der Waals surface area contributed by atoms with Crippen LogP contribution < -0.4 is 10.5 Å². The summed E-state index contributed by atoms with van der Waals surface area (Å²) in [7, 11) is 1.50. The second-order valence-corrected chi connectivity index (χ2v) is 4.49. The Labute approximate surface area is 91.4 Å². The Morgan fingerprint density at radius 2 is 2.00 bits per heavy atom. The van der Waals surface area contributed by atoms with Crippen molar-refractivity contribution < 1.29 is 9.13 Å². The summed E-state index contributed by atoms with van der Waals surface area (Å²) in [6.45, 7) is 3.62. The Balaban J connectivity index is 3.35. The number of hydrogen-bond donors (Lipinski definition) is 1. The van der Waals surface area contributed by atoms with Gasteiger partial charge in [0, 0.05) is 11.6 Å². The maximum Gasteiger partial charge on any atom is 0.141 e. The highest BCUT2D eigenvalue weighted by Crippen LogP contribution is 2.32. The molecule has 14 heavy (non-hydrogen) atoms. The van der Waals surface area contributed by atoms with E-state index in [4.69, 9.17) is 10.5 Å². The van der Waals surface area contributed by atoms with Gasteiger partial charge in [0.25, 0.3) is 0 Å². The van der Waals surface area contributed by atoms with Crippen molar-refractivity contribution in [3.63, 3.8) is 0 Å². The second kappa shape index (κ2) is 3.87. The molecule has 0 aromatic heterocycles. The molecule has 2 nitrogen and oxygen atoms in total. The van der Waals surface area contributed by atoms with Crippen molar-refractivity contribution in [2.24, 2.45) is 5.73 Å². The van der Waals surface area contributed by atoms with Crippen molar-refractivity contribution in [3.05, 3.63) is 28.0 Å². The SMILES string of the molecule is COc1cc(F)c(Br)c(C(C)(C)N)c1. The molecule has 0 heterocycles. The van der Waals surface area contributed by atoms with Crippen molar-refractivity contribution in [2.45, 2.75) is 19.4 Å². The van der Waals surface area contributed by atoms with Crippen molar-refractivity contribution >= 4 is 15.9 Å². The van der Waals surface area contributed by atoms with Crippen LogP contribution in [0.15, 0.2) is 16.6 Å². The van der Waals surface area contributed by atoms with Crippen molar-refractivity contribution in [2.75, 3.05) is 7.11 Å². The minimum Gasteiger partial charge on any atom is -0.497 e. The van der Waals surface area contributed by atoms with Crippen LogP contribution in [0.1, 0.15) is 19.4 Å². The van der Waals surface area contributed by atoms with Crippen LogP contribution in [-0.2, 0) is 5.54 Å². The highest BCUT2D eigenvalue weighted by molar-refractivity contribution is 9.10. The van der Waals surface area contributed by atoms with Crippen LogP contribution in [0.3, 0.4) is 0 Å². The molecule has 0 spiro atoms. The highest BCUT2D eigenvalue weighted by Gasteiger charge is 2.21. The van der Waals surface area contributed by atoms with Crippen LogP contribution in [-0.4, -0.2) is 7.11 Å². The van der Waals surface area contributed by atoms with E-state index < -0.39 is 5.54 Å². The fraction of sp³-hybridized carbons (Fsp3) is 0.400. The van der Waals surface area contributed by atoms with E-state index in [2.05, 4.69) is 15.9 Å². The van der Waals surface area contributed by atoms with E-state index in [0.717, 1.165) is 0 Å². The third-order valence-electron chi connectivity index (χ3n) is 1.93. The lowest BCUT2D eigenvalue weighted by molar-refractivity contribution is 0.407. The van der Waals surface area contributed by atoms with Gasteiger partial charge >= 0.3 is 0 Å². The topological polar surface area (TPSA) is 35.2 Å². The van der Waals surface area contributed by atoms with Gasteiger partial charge in [0.15, 0.2) is 0 Å². The molecule has 0 saturated carbocycles. The molecule has 0 unspecified atom stereocenters. The third kappa shape index (κ3) is 2.25. The number of hydrogen-bond acceptors (Lipinski definition) is 2. The minimum absolute atomic E-state index is 0.363. The zero-order chi connectivity index (χ0) is 10.9. The minimum atomic E-state index is -0.603. The number of methoxy groups -OCH3 is 1. The lowest BCUT2D eigenvalue weighted by Crippen LogP contribution is -2.29. The number of ether oxygens (including phenoxy) is 1. The molecule has 0 aliphatic heterocycles. The highest BCUT2D eigenvalue weighted by atomic mass is 79.9. The molecule has 78 valence electrons. The van der Waals surface area contributed by atoms with Gasteiger partial charge in [-0.25, -0.2) is 4.39 Å². The Kier molecular flexibility index (Phi) is 3.17. The van der Waals surface area contributed by atoms with Crippen LogP contribution in [0.25, 0.3) is 0 Å². The van der Waals surface area contributed by atoms with Crippen LogP contribution in [0, 0.1) is 5.82 Å². The molecule has 0 fully saturated rings. The van der Waals surface area contributed by atoms with Crippen molar-refractivity contribution in [1.82, 2.24) is 0 Å². The first-order valence-electron chi connectivity index (χ1n) is 4.18. The summed E-state index contributed by atoms with van der Waals surface area (Å²) in [6.07, 6.45) is 0. The lowest BCUT2D eigenvalue weighted by atomic mass is 9.95.